The molecule has 0 aliphatic carbocycles. The van der Waals surface area contributed by atoms with Gasteiger partial charge in [-0.1, -0.05) is 13.2 Å². The molecule has 0 aromatic carbocycles. The molecule has 0 aliphatic rings. The molecule has 0 heterocycles. The molecule has 0 saturated heterocycles. The summed E-state index contributed by atoms with van der Waals surface area (Å²) in [6, 6.07) is 0. The van der Waals surface area contributed by atoms with Gasteiger partial charge in [0.25, 0.3) is 0 Å². The minimum absolute atomic E-state index is 0. The number of ether oxygens (including phenoxy) is 1. The van der Waals surface area contributed by atoms with Crippen LogP contribution >= 0.6 is 0 Å². The number of hydrogen-bond acceptors (Lipinski definition) is 4. The molecule has 1 unspecified atom stereocenters. The van der Waals surface area contributed by atoms with E-state index < -0.39 is 21.5 Å². The van der Waals surface area contributed by atoms with Gasteiger partial charge in [-0.3, -0.25) is 4.55 Å². The van der Waals surface area contributed by atoms with Crippen molar-refractivity contribution >= 4 is 45.6 Å². The quantitative estimate of drug-likeness (QED) is 0.239. The molecule has 7 heteroatoms. The Morgan fingerprint density at radius 1 is 1.57 bits per heavy atom. The first-order valence-electron chi connectivity index (χ1n) is 3.24. The third kappa shape index (κ3) is 5.56. The summed E-state index contributed by atoms with van der Waals surface area (Å²) in [4.78, 5) is 10.8. The van der Waals surface area contributed by atoms with Crippen LogP contribution in [0.3, 0.4) is 0 Å². The van der Waals surface area contributed by atoms with Gasteiger partial charge in [0.15, 0.2) is 0 Å². The molecule has 0 fully saturated rings. The van der Waals surface area contributed by atoms with Gasteiger partial charge in [0.2, 0.25) is 5.44 Å². The van der Waals surface area contributed by atoms with Gasteiger partial charge in [-0.05, 0) is 13.0 Å². The Morgan fingerprint density at radius 2 is 2.00 bits per heavy atom. The van der Waals surface area contributed by atoms with E-state index in [0.717, 1.165) is 6.08 Å². The first-order chi connectivity index (χ1) is 5.79. The summed E-state index contributed by atoms with van der Waals surface area (Å²) < 4.78 is 33.8. The van der Waals surface area contributed by atoms with Crippen molar-refractivity contribution < 1.29 is 22.5 Å². The van der Waals surface area contributed by atoms with Crippen molar-refractivity contribution in [1.82, 2.24) is 0 Å². The molecule has 0 saturated carbocycles. The number of carbonyl (C=O) groups excluding carboxylic acids is 1. The molecule has 0 aromatic heterocycles. The summed E-state index contributed by atoms with van der Waals surface area (Å²) in [5.74, 6) is -0.900. The molecular weight excluding hydrogens is 219 g/mol. The van der Waals surface area contributed by atoms with Crippen molar-refractivity contribution in [3.05, 3.63) is 24.8 Å². The second-order valence-electron chi connectivity index (χ2n) is 2.30. The molecule has 0 bridgehead atoms. The van der Waals surface area contributed by atoms with Crippen LogP contribution in [0.1, 0.15) is 6.92 Å². The van der Waals surface area contributed by atoms with Crippen LogP contribution in [0.2, 0.25) is 0 Å². The summed E-state index contributed by atoms with van der Waals surface area (Å²) in [6.07, 6.45) is 0.802. The van der Waals surface area contributed by atoms with Crippen LogP contribution in [0.15, 0.2) is 24.8 Å². The molecular formula is C7H11NaO5S. The second kappa shape index (κ2) is 6.36. The van der Waals surface area contributed by atoms with Gasteiger partial charge in [-0.2, -0.15) is 8.42 Å². The Morgan fingerprint density at radius 3 is 2.21 bits per heavy atom. The van der Waals surface area contributed by atoms with Gasteiger partial charge in [0, 0.05) is 5.57 Å². The van der Waals surface area contributed by atoms with E-state index in [-0.39, 0.29) is 35.1 Å². The molecule has 0 spiro atoms. The molecule has 76 valence electrons. The predicted molar refractivity (Wildman–Crippen MR) is 53.6 cm³/mol. The van der Waals surface area contributed by atoms with Crippen LogP contribution in [0.4, 0.5) is 0 Å². The zero-order valence-electron chi connectivity index (χ0n) is 7.06. The average Bonchev–Trinajstić information content (AvgIpc) is 1.96. The second-order valence-corrected chi connectivity index (χ2v) is 3.80. The van der Waals surface area contributed by atoms with E-state index in [0.29, 0.717) is 0 Å². The summed E-state index contributed by atoms with van der Waals surface area (Å²) >= 11 is 0. The van der Waals surface area contributed by atoms with Gasteiger partial charge >= 0.3 is 45.6 Å². The third-order valence-corrected chi connectivity index (χ3v) is 1.93. The van der Waals surface area contributed by atoms with Gasteiger partial charge in [-0.25, -0.2) is 4.79 Å². The van der Waals surface area contributed by atoms with E-state index in [4.69, 9.17) is 4.55 Å². The van der Waals surface area contributed by atoms with Crippen molar-refractivity contribution in [2.45, 2.75) is 12.4 Å². The van der Waals surface area contributed by atoms with Crippen LogP contribution in [0, 0.1) is 0 Å². The van der Waals surface area contributed by atoms with Crippen molar-refractivity contribution in [2.75, 3.05) is 0 Å². The van der Waals surface area contributed by atoms with E-state index in [9.17, 15) is 13.2 Å². The summed E-state index contributed by atoms with van der Waals surface area (Å²) in [5, 5.41) is 0. The van der Waals surface area contributed by atoms with Gasteiger partial charge in [-0.15, -0.1) is 0 Å². The molecule has 14 heavy (non-hydrogen) atoms. The van der Waals surface area contributed by atoms with Crippen molar-refractivity contribution in [2.24, 2.45) is 0 Å². The number of carbonyl (C=O) groups is 1. The maximum atomic E-state index is 10.8. The Kier molecular flexibility index (Phi) is 7.41. The fraction of sp³-hybridized carbons (Fsp3) is 0.286. The van der Waals surface area contributed by atoms with Gasteiger partial charge in [0.05, 0.1) is 0 Å². The standard InChI is InChI=1S/C7H10O5S.Na.H/c1-4-6(13(9,10)11)12-7(8)5(2)3;;/h4,6H,1-2H2,3H3,(H,9,10,11);;. The maximum absolute atomic E-state index is 10.8. The fourth-order valence-corrected chi connectivity index (χ4v) is 0.889. The molecule has 0 aliphatic heterocycles. The van der Waals surface area contributed by atoms with E-state index in [1.165, 1.54) is 6.92 Å². The minimum atomic E-state index is -4.45. The van der Waals surface area contributed by atoms with E-state index >= 15 is 0 Å². The van der Waals surface area contributed by atoms with Crippen molar-refractivity contribution in [3.8, 4) is 0 Å². The molecule has 0 amide bonds. The number of esters is 1. The van der Waals surface area contributed by atoms with E-state index in [2.05, 4.69) is 17.9 Å². The van der Waals surface area contributed by atoms with Crippen molar-refractivity contribution in [1.29, 1.82) is 0 Å². The van der Waals surface area contributed by atoms with Crippen LogP contribution < -0.4 is 0 Å². The van der Waals surface area contributed by atoms with Crippen LogP contribution in [-0.2, 0) is 19.6 Å². The monoisotopic (exact) mass is 230 g/mol. The van der Waals surface area contributed by atoms with E-state index in [1.54, 1.807) is 0 Å². The Balaban J connectivity index is 0. The first-order valence-corrected chi connectivity index (χ1v) is 4.74. The zero-order valence-corrected chi connectivity index (χ0v) is 7.87. The Bertz CT molecular complexity index is 332. The number of hydrogen-bond donors (Lipinski definition) is 1. The average molecular weight is 230 g/mol. The summed E-state index contributed by atoms with van der Waals surface area (Å²) in [7, 11) is -4.45. The molecule has 1 N–H and O–H groups in total. The predicted octanol–water partition coefficient (Wildman–Crippen LogP) is -0.143. The molecule has 0 rings (SSSR count). The van der Waals surface area contributed by atoms with Crippen LogP contribution in [0.25, 0.3) is 0 Å². The fourth-order valence-electron chi connectivity index (χ4n) is 0.437. The SMILES string of the molecule is C=CC(OC(=O)C(=C)C)S(=O)(=O)O.[NaH]. The zero-order chi connectivity index (χ0) is 10.6. The molecule has 0 radical (unpaired) electrons. The molecule has 0 aromatic rings. The van der Waals surface area contributed by atoms with Gasteiger partial charge < -0.3 is 4.74 Å². The Hall–Kier alpha value is -0.140. The molecule has 5 nitrogen and oxygen atoms in total. The van der Waals surface area contributed by atoms with Crippen molar-refractivity contribution in [3.63, 3.8) is 0 Å². The topological polar surface area (TPSA) is 80.7 Å². The van der Waals surface area contributed by atoms with Crippen LogP contribution in [0.5, 0.6) is 0 Å². The third-order valence-electron chi connectivity index (χ3n) is 1.06. The van der Waals surface area contributed by atoms with Gasteiger partial charge in [0.1, 0.15) is 0 Å². The summed E-state index contributed by atoms with van der Waals surface area (Å²) in [5.41, 5.74) is -1.70. The molecule has 1 atom stereocenters. The first kappa shape index (κ1) is 16.3. The normalized spacial score (nSPS) is 12.1. The summed E-state index contributed by atoms with van der Waals surface area (Å²) in [6.45, 7) is 7.69. The van der Waals surface area contributed by atoms with Crippen LogP contribution in [-0.4, -0.2) is 53.9 Å². The number of rotatable bonds is 4. The Labute approximate surface area is 105 Å². The van der Waals surface area contributed by atoms with E-state index in [1.807, 2.05) is 0 Å².